The van der Waals surface area contributed by atoms with Gasteiger partial charge in [0, 0.05) is 45.3 Å². The van der Waals surface area contributed by atoms with Crippen molar-refractivity contribution in [3.63, 3.8) is 0 Å². The molecule has 2 heterocycles. The van der Waals surface area contributed by atoms with Crippen molar-refractivity contribution in [3.8, 4) is 0 Å². The lowest BCUT2D eigenvalue weighted by Gasteiger charge is -2.39. The highest BCUT2D eigenvalue weighted by atomic mass is 32.2. The van der Waals surface area contributed by atoms with Crippen LogP contribution in [0.25, 0.3) is 0 Å². The van der Waals surface area contributed by atoms with Gasteiger partial charge in [0.2, 0.25) is 15.9 Å². The van der Waals surface area contributed by atoms with E-state index in [1.807, 2.05) is 53.4 Å². The SMILES string of the molecule is CC1=C[C@@H](CNS(=O)(=O)Cc2ccccc2)[C@H](C(C)C)C[C@H]1CC(=O)N1CCN(c2ccccn2)CC1. The molecule has 200 valence electrons. The summed E-state index contributed by atoms with van der Waals surface area (Å²) >= 11 is 0. The van der Waals surface area contributed by atoms with E-state index in [-0.39, 0.29) is 23.5 Å². The highest BCUT2D eigenvalue weighted by Crippen LogP contribution is 2.39. The number of nitrogens with one attached hydrogen (secondary N) is 1. The number of carbonyl (C=O) groups is 1. The second-order valence-electron chi connectivity index (χ2n) is 10.8. The number of aromatic nitrogens is 1. The Balaban J connectivity index is 1.33. The molecule has 0 bridgehead atoms. The quantitative estimate of drug-likeness (QED) is 0.500. The van der Waals surface area contributed by atoms with Gasteiger partial charge in [-0.1, -0.05) is 61.9 Å². The molecule has 1 aliphatic carbocycles. The van der Waals surface area contributed by atoms with E-state index in [1.54, 1.807) is 6.20 Å². The number of hydrogen-bond acceptors (Lipinski definition) is 5. The molecule has 3 atom stereocenters. The fourth-order valence-corrected chi connectivity index (χ4v) is 6.82. The fraction of sp³-hybridized carbons (Fsp3) is 0.517. The number of allylic oxidation sites excluding steroid dienone is 1. The maximum absolute atomic E-state index is 13.2. The van der Waals surface area contributed by atoms with Gasteiger partial charge in [-0.2, -0.15) is 0 Å². The normalized spacial score (nSPS) is 22.7. The van der Waals surface area contributed by atoms with Gasteiger partial charge in [-0.25, -0.2) is 18.1 Å². The molecule has 4 rings (SSSR count). The maximum atomic E-state index is 13.2. The van der Waals surface area contributed by atoms with E-state index in [0.29, 0.717) is 37.9 Å². The van der Waals surface area contributed by atoms with Gasteiger partial charge in [0.15, 0.2) is 0 Å². The maximum Gasteiger partial charge on any atom is 0.223 e. The molecule has 2 aromatic rings. The smallest absolute Gasteiger partial charge is 0.223 e. The third-order valence-electron chi connectivity index (χ3n) is 7.85. The number of benzene rings is 1. The van der Waals surface area contributed by atoms with Crippen molar-refractivity contribution in [2.45, 2.75) is 39.4 Å². The van der Waals surface area contributed by atoms with Crippen molar-refractivity contribution in [1.82, 2.24) is 14.6 Å². The minimum absolute atomic E-state index is 0.0136. The molecule has 8 heteroatoms. The third kappa shape index (κ3) is 7.42. The van der Waals surface area contributed by atoms with E-state index in [2.05, 4.69) is 41.5 Å². The monoisotopic (exact) mass is 524 g/mol. The van der Waals surface area contributed by atoms with Gasteiger partial charge >= 0.3 is 0 Å². The summed E-state index contributed by atoms with van der Waals surface area (Å²) in [6.45, 7) is 9.89. The molecule has 1 saturated heterocycles. The van der Waals surface area contributed by atoms with Crippen LogP contribution in [-0.4, -0.2) is 56.9 Å². The number of anilines is 1. The Morgan fingerprint density at radius 2 is 1.76 bits per heavy atom. The average molecular weight is 525 g/mol. The summed E-state index contributed by atoms with van der Waals surface area (Å²) in [7, 11) is -3.42. The van der Waals surface area contributed by atoms with Crippen molar-refractivity contribution in [2.24, 2.45) is 23.7 Å². The predicted molar refractivity (Wildman–Crippen MR) is 148 cm³/mol. The summed E-state index contributed by atoms with van der Waals surface area (Å²) in [5.41, 5.74) is 1.98. The Morgan fingerprint density at radius 1 is 1.05 bits per heavy atom. The molecule has 37 heavy (non-hydrogen) atoms. The lowest BCUT2D eigenvalue weighted by atomic mass is 9.70. The number of carbonyl (C=O) groups excluding carboxylic acids is 1. The van der Waals surface area contributed by atoms with E-state index in [0.717, 1.165) is 30.9 Å². The largest absolute Gasteiger partial charge is 0.353 e. The summed E-state index contributed by atoms with van der Waals surface area (Å²) in [5.74, 6) is 2.20. The zero-order chi connectivity index (χ0) is 26.4. The molecule has 7 nitrogen and oxygen atoms in total. The van der Waals surface area contributed by atoms with Gasteiger partial charge in [0.1, 0.15) is 5.82 Å². The number of piperazine rings is 1. The highest BCUT2D eigenvalue weighted by Gasteiger charge is 2.34. The van der Waals surface area contributed by atoms with Crippen LogP contribution in [0.3, 0.4) is 0 Å². The van der Waals surface area contributed by atoms with Crippen LogP contribution >= 0.6 is 0 Å². The standard InChI is InChI=1S/C29H40N4O3S/c1-22(2)27-18-25(19-29(34)33-15-13-32(14-16-33)28-11-7-8-12-30-28)23(3)17-26(27)20-31-37(35,36)21-24-9-5-4-6-10-24/h4-12,17,22,25-27,31H,13-16,18-21H2,1-3H3/t25-,26-,27-/m0/s1. The molecule has 1 amide bonds. The first-order chi connectivity index (χ1) is 17.7. The zero-order valence-electron chi connectivity index (χ0n) is 22.2. The molecule has 0 saturated carbocycles. The fourth-order valence-electron chi connectivity index (χ4n) is 5.64. The van der Waals surface area contributed by atoms with Crippen LogP contribution in [0.1, 0.15) is 39.2 Å². The first kappa shape index (κ1) is 27.3. The molecule has 1 aromatic heterocycles. The van der Waals surface area contributed by atoms with Crippen molar-refractivity contribution in [1.29, 1.82) is 0 Å². The molecule has 1 aliphatic heterocycles. The predicted octanol–water partition coefficient (Wildman–Crippen LogP) is 4.09. The number of rotatable bonds is 9. The van der Waals surface area contributed by atoms with Crippen LogP contribution in [-0.2, 0) is 20.6 Å². The first-order valence-electron chi connectivity index (χ1n) is 13.3. The topological polar surface area (TPSA) is 82.6 Å². The molecule has 0 spiro atoms. The van der Waals surface area contributed by atoms with E-state index >= 15 is 0 Å². The highest BCUT2D eigenvalue weighted by molar-refractivity contribution is 7.88. The van der Waals surface area contributed by atoms with Gasteiger partial charge in [0.05, 0.1) is 5.75 Å². The second kappa shape index (κ2) is 12.2. The number of pyridine rings is 1. The lowest BCUT2D eigenvalue weighted by molar-refractivity contribution is -0.132. The summed E-state index contributed by atoms with van der Waals surface area (Å²) in [6, 6.07) is 15.2. The van der Waals surface area contributed by atoms with Crippen LogP contribution in [0.15, 0.2) is 66.4 Å². The van der Waals surface area contributed by atoms with Crippen molar-refractivity contribution in [2.75, 3.05) is 37.6 Å². The van der Waals surface area contributed by atoms with Crippen molar-refractivity contribution >= 4 is 21.7 Å². The number of amides is 1. The van der Waals surface area contributed by atoms with Crippen LogP contribution in [0.4, 0.5) is 5.82 Å². The van der Waals surface area contributed by atoms with Gasteiger partial charge in [-0.15, -0.1) is 0 Å². The van der Waals surface area contributed by atoms with Gasteiger partial charge < -0.3 is 9.80 Å². The number of hydrogen-bond donors (Lipinski definition) is 1. The molecule has 1 fully saturated rings. The molecule has 0 radical (unpaired) electrons. The Hall–Kier alpha value is -2.71. The van der Waals surface area contributed by atoms with Crippen LogP contribution in [0, 0.1) is 23.7 Å². The Morgan fingerprint density at radius 3 is 2.41 bits per heavy atom. The number of nitrogens with zero attached hydrogens (tertiary/aromatic N) is 3. The second-order valence-corrected chi connectivity index (χ2v) is 12.6. The minimum Gasteiger partial charge on any atom is -0.353 e. The van der Waals surface area contributed by atoms with Gasteiger partial charge in [-0.05, 0) is 54.7 Å². The third-order valence-corrected chi connectivity index (χ3v) is 9.17. The van der Waals surface area contributed by atoms with E-state index < -0.39 is 10.0 Å². The van der Waals surface area contributed by atoms with Crippen LogP contribution in [0.2, 0.25) is 0 Å². The van der Waals surface area contributed by atoms with Crippen molar-refractivity contribution < 1.29 is 13.2 Å². The van der Waals surface area contributed by atoms with E-state index in [4.69, 9.17) is 0 Å². The van der Waals surface area contributed by atoms with Crippen LogP contribution in [0.5, 0.6) is 0 Å². The molecule has 1 N–H and O–H groups in total. The van der Waals surface area contributed by atoms with E-state index in [1.165, 1.54) is 5.57 Å². The Kier molecular flexibility index (Phi) is 9.03. The Bertz CT molecular complexity index is 1160. The molecular formula is C29H40N4O3S. The summed E-state index contributed by atoms with van der Waals surface area (Å²) in [4.78, 5) is 21.9. The van der Waals surface area contributed by atoms with Gasteiger partial charge in [0.25, 0.3) is 0 Å². The summed E-state index contributed by atoms with van der Waals surface area (Å²) in [6.07, 6.45) is 5.44. The lowest BCUT2D eigenvalue weighted by Crippen LogP contribution is -2.49. The summed E-state index contributed by atoms with van der Waals surface area (Å²) in [5, 5.41) is 0. The van der Waals surface area contributed by atoms with Crippen molar-refractivity contribution in [3.05, 3.63) is 71.9 Å². The van der Waals surface area contributed by atoms with Gasteiger partial charge in [-0.3, -0.25) is 4.79 Å². The molecule has 0 unspecified atom stereocenters. The minimum atomic E-state index is -3.42. The Labute approximate surface area is 222 Å². The zero-order valence-corrected chi connectivity index (χ0v) is 23.0. The molecular weight excluding hydrogens is 484 g/mol. The van der Waals surface area contributed by atoms with E-state index in [9.17, 15) is 13.2 Å². The molecule has 1 aromatic carbocycles. The molecule has 2 aliphatic rings. The first-order valence-corrected chi connectivity index (χ1v) is 15.0. The van der Waals surface area contributed by atoms with Crippen LogP contribution < -0.4 is 9.62 Å². The summed E-state index contributed by atoms with van der Waals surface area (Å²) < 4.78 is 28.3. The average Bonchev–Trinajstić information content (AvgIpc) is 2.89. The number of sulfonamides is 1.